The lowest BCUT2D eigenvalue weighted by Crippen LogP contribution is -2.31. The SMILES string of the molecule is COCCCc1cncc(NC(=O)c2c(N)ncn(-c3c(Cl)cccc3Cl)c2=O)c1. The highest BCUT2D eigenvalue weighted by molar-refractivity contribution is 6.37. The van der Waals surface area contributed by atoms with Gasteiger partial charge < -0.3 is 15.8 Å². The molecule has 156 valence electrons. The Morgan fingerprint density at radius 2 is 2.00 bits per heavy atom. The van der Waals surface area contributed by atoms with E-state index < -0.39 is 11.5 Å². The molecule has 0 atom stereocenters. The maximum atomic E-state index is 13.0. The number of amides is 1. The summed E-state index contributed by atoms with van der Waals surface area (Å²) in [4.78, 5) is 33.9. The number of nitrogens with one attached hydrogen (secondary N) is 1. The molecule has 0 fully saturated rings. The van der Waals surface area contributed by atoms with Crippen LogP contribution in [0.3, 0.4) is 0 Å². The number of ether oxygens (including phenoxy) is 1. The average molecular weight is 448 g/mol. The van der Waals surface area contributed by atoms with E-state index in [-0.39, 0.29) is 27.1 Å². The van der Waals surface area contributed by atoms with Gasteiger partial charge in [-0.1, -0.05) is 29.3 Å². The van der Waals surface area contributed by atoms with Gasteiger partial charge in [-0.05, 0) is 36.6 Å². The Balaban J connectivity index is 1.92. The van der Waals surface area contributed by atoms with Gasteiger partial charge in [0.25, 0.3) is 11.5 Å². The molecule has 0 saturated heterocycles. The van der Waals surface area contributed by atoms with Crippen molar-refractivity contribution in [1.29, 1.82) is 0 Å². The molecule has 3 aromatic rings. The normalized spacial score (nSPS) is 10.8. The molecule has 0 spiro atoms. The number of pyridine rings is 1. The Morgan fingerprint density at radius 1 is 1.27 bits per heavy atom. The van der Waals surface area contributed by atoms with Crippen molar-refractivity contribution in [1.82, 2.24) is 14.5 Å². The van der Waals surface area contributed by atoms with Gasteiger partial charge in [0.15, 0.2) is 0 Å². The fraction of sp³-hybridized carbons (Fsp3) is 0.200. The Hall–Kier alpha value is -2.94. The second kappa shape index (κ2) is 9.71. The number of carbonyl (C=O) groups excluding carboxylic acids is 1. The average Bonchev–Trinajstić information content (AvgIpc) is 2.70. The van der Waals surface area contributed by atoms with E-state index in [2.05, 4.69) is 15.3 Å². The molecule has 1 aromatic carbocycles. The predicted octanol–water partition coefficient (Wildman–Crippen LogP) is 3.35. The standard InChI is InChI=1S/C20H19Cl2N5O3/c1-30-7-3-4-12-8-13(10-24-9-12)26-19(28)16-18(23)25-11-27(20(16)29)17-14(21)5-2-6-15(17)22/h2,5-6,8-11H,3-4,7,23H2,1H3,(H,26,28). The van der Waals surface area contributed by atoms with Crippen LogP contribution in [-0.2, 0) is 11.2 Å². The van der Waals surface area contributed by atoms with Gasteiger partial charge in [-0.2, -0.15) is 0 Å². The number of nitrogens with zero attached hydrogens (tertiary/aromatic N) is 3. The maximum Gasteiger partial charge on any atom is 0.273 e. The fourth-order valence-corrected chi connectivity index (χ4v) is 3.45. The van der Waals surface area contributed by atoms with Gasteiger partial charge in [0, 0.05) is 19.9 Å². The number of methoxy groups -OCH3 is 1. The van der Waals surface area contributed by atoms with Crippen LogP contribution in [0.25, 0.3) is 5.69 Å². The minimum absolute atomic E-state index is 0.207. The molecular weight excluding hydrogens is 429 g/mol. The third-order valence-electron chi connectivity index (χ3n) is 4.27. The molecule has 0 aliphatic rings. The molecule has 8 nitrogen and oxygen atoms in total. The summed E-state index contributed by atoms with van der Waals surface area (Å²) in [7, 11) is 1.63. The fourth-order valence-electron chi connectivity index (χ4n) is 2.87. The van der Waals surface area contributed by atoms with E-state index in [1.165, 1.54) is 12.5 Å². The molecule has 3 N–H and O–H groups in total. The third-order valence-corrected chi connectivity index (χ3v) is 4.88. The third kappa shape index (κ3) is 4.79. The molecule has 1 amide bonds. The highest BCUT2D eigenvalue weighted by Gasteiger charge is 2.21. The number of anilines is 2. The van der Waals surface area contributed by atoms with E-state index in [1.807, 2.05) is 0 Å². The molecule has 0 unspecified atom stereocenters. The first-order valence-corrected chi connectivity index (χ1v) is 9.73. The van der Waals surface area contributed by atoms with Crippen LogP contribution in [0.15, 0.2) is 47.8 Å². The number of aromatic nitrogens is 3. The van der Waals surface area contributed by atoms with Crippen LogP contribution in [0, 0.1) is 0 Å². The lowest BCUT2D eigenvalue weighted by molar-refractivity contribution is 0.102. The predicted molar refractivity (Wildman–Crippen MR) is 117 cm³/mol. The number of hydrogen-bond donors (Lipinski definition) is 2. The number of nitrogen functional groups attached to an aromatic ring is 1. The van der Waals surface area contributed by atoms with Crippen molar-refractivity contribution < 1.29 is 9.53 Å². The summed E-state index contributed by atoms with van der Waals surface area (Å²) in [5.74, 6) is -0.917. The Kier molecular flexibility index (Phi) is 7.04. The van der Waals surface area contributed by atoms with Crippen molar-refractivity contribution in [3.05, 3.63) is 74.5 Å². The first-order valence-electron chi connectivity index (χ1n) is 8.98. The summed E-state index contributed by atoms with van der Waals surface area (Å²) < 4.78 is 6.13. The monoisotopic (exact) mass is 447 g/mol. The zero-order valence-corrected chi connectivity index (χ0v) is 17.6. The van der Waals surface area contributed by atoms with Gasteiger partial charge >= 0.3 is 0 Å². The number of carbonyl (C=O) groups is 1. The second-order valence-electron chi connectivity index (χ2n) is 6.38. The lowest BCUT2D eigenvalue weighted by Gasteiger charge is -2.13. The number of para-hydroxylation sites is 1. The van der Waals surface area contributed by atoms with Crippen LogP contribution >= 0.6 is 23.2 Å². The van der Waals surface area contributed by atoms with Crippen molar-refractivity contribution in [3.8, 4) is 5.69 Å². The zero-order valence-electron chi connectivity index (χ0n) is 16.1. The van der Waals surface area contributed by atoms with Crippen LogP contribution < -0.4 is 16.6 Å². The van der Waals surface area contributed by atoms with Crippen molar-refractivity contribution in [2.24, 2.45) is 0 Å². The summed E-state index contributed by atoms with van der Waals surface area (Å²) in [5.41, 5.74) is 6.38. The topological polar surface area (TPSA) is 112 Å². The van der Waals surface area contributed by atoms with Crippen molar-refractivity contribution >= 4 is 40.6 Å². The van der Waals surface area contributed by atoms with E-state index in [9.17, 15) is 9.59 Å². The summed E-state index contributed by atoms with van der Waals surface area (Å²) in [6.45, 7) is 0.618. The van der Waals surface area contributed by atoms with Crippen LogP contribution in [0.4, 0.5) is 11.5 Å². The quantitative estimate of drug-likeness (QED) is 0.537. The van der Waals surface area contributed by atoms with Crippen LogP contribution in [0.1, 0.15) is 22.3 Å². The second-order valence-corrected chi connectivity index (χ2v) is 7.20. The van der Waals surface area contributed by atoms with Gasteiger partial charge in [-0.3, -0.25) is 19.1 Å². The maximum absolute atomic E-state index is 13.0. The largest absolute Gasteiger partial charge is 0.385 e. The molecule has 0 saturated carbocycles. The number of rotatable bonds is 7. The molecular formula is C20H19Cl2N5O3. The Labute approximate surface area is 182 Å². The minimum atomic E-state index is -0.710. The number of nitrogens with two attached hydrogens (primary N) is 1. The minimum Gasteiger partial charge on any atom is -0.385 e. The molecule has 0 aliphatic heterocycles. The number of hydrogen-bond acceptors (Lipinski definition) is 6. The van der Waals surface area contributed by atoms with E-state index in [0.29, 0.717) is 12.3 Å². The van der Waals surface area contributed by atoms with Gasteiger partial charge in [-0.15, -0.1) is 0 Å². The van der Waals surface area contributed by atoms with Crippen molar-refractivity contribution in [2.45, 2.75) is 12.8 Å². The highest BCUT2D eigenvalue weighted by atomic mass is 35.5. The first-order chi connectivity index (χ1) is 14.4. The highest BCUT2D eigenvalue weighted by Crippen LogP contribution is 2.27. The van der Waals surface area contributed by atoms with Crippen LogP contribution in [0.2, 0.25) is 10.0 Å². The van der Waals surface area contributed by atoms with Crippen molar-refractivity contribution in [3.63, 3.8) is 0 Å². The number of benzene rings is 1. The Bertz CT molecular complexity index is 1110. The van der Waals surface area contributed by atoms with Crippen LogP contribution in [-0.4, -0.2) is 34.2 Å². The summed E-state index contributed by atoms with van der Waals surface area (Å²) in [6.07, 6.45) is 5.91. The molecule has 30 heavy (non-hydrogen) atoms. The molecule has 0 bridgehead atoms. The van der Waals surface area contributed by atoms with E-state index >= 15 is 0 Å². The van der Waals surface area contributed by atoms with E-state index in [4.69, 9.17) is 33.7 Å². The van der Waals surface area contributed by atoms with Gasteiger partial charge in [-0.25, -0.2) is 4.98 Å². The molecule has 2 heterocycles. The summed E-state index contributed by atoms with van der Waals surface area (Å²) in [6, 6.07) is 6.57. The molecule has 3 rings (SSSR count). The van der Waals surface area contributed by atoms with Crippen LogP contribution in [0.5, 0.6) is 0 Å². The summed E-state index contributed by atoms with van der Waals surface area (Å²) >= 11 is 12.4. The Morgan fingerprint density at radius 3 is 2.70 bits per heavy atom. The smallest absolute Gasteiger partial charge is 0.273 e. The molecule has 10 heteroatoms. The zero-order chi connectivity index (χ0) is 21.7. The van der Waals surface area contributed by atoms with Crippen molar-refractivity contribution in [2.75, 3.05) is 24.8 Å². The van der Waals surface area contributed by atoms with E-state index in [1.54, 1.807) is 37.6 Å². The molecule has 0 radical (unpaired) electrons. The van der Waals surface area contributed by atoms with Gasteiger partial charge in [0.05, 0.1) is 27.6 Å². The first kappa shape index (κ1) is 21.8. The molecule has 0 aliphatic carbocycles. The van der Waals surface area contributed by atoms with Gasteiger partial charge in [0.2, 0.25) is 0 Å². The summed E-state index contributed by atoms with van der Waals surface area (Å²) in [5, 5.41) is 3.11. The molecule has 2 aromatic heterocycles. The number of aryl methyl sites for hydroxylation is 1. The lowest BCUT2D eigenvalue weighted by atomic mass is 10.1. The van der Waals surface area contributed by atoms with Gasteiger partial charge in [0.1, 0.15) is 17.7 Å². The number of halogens is 2. The van der Waals surface area contributed by atoms with E-state index in [0.717, 1.165) is 23.0 Å².